The molecule has 0 aliphatic rings. The molecule has 0 radical (unpaired) electrons. The summed E-state index contributed by atoms with van der Waals surface area (Å²) >= 11 is 15.5. The number of aromatic nitrogens is 2. The Bertz CT molecular complexity index is 811. The summed E-state index contributed by atoms with van der Waals surface area (Å²) in [6.45, 7) is 2.07. The minimum absolute atomic E-state index is 0.539. The fraction of sp³-hybridized carbons (Fsp3) is 0.188. The Hall–Kier alpha value is -1.03. The van der Waals surface area contributed by atoms with Gasteiger partial charge in [-0.1, -0.05) is 17.7 Å². The number of aryl methyl sites for hydroxylation is 2. The van der Waals surface area contributed by atoms with E-state index in [-0.39, 0.29) is 0 Å². The lowest BCUT2D eigenvalue weighted by atomic mass is 10.2. The number of alkyl halides is 1. The van der Waals surface area contributed by atoms with Crippen molar-refractivity contribution in [1.29, 1.82) is 0 Å². The van der Waals surface area contributed by atoms with Crippen molar-refractivity contribution in [2.24, 2.45) is 0 Å². The summed E-state index contributed by atoms with van der Waals surface area (Å²) in [5.74, 6) is 1.50. The van der Waals surface area contributed by atoms with Crippen molar-refractivity contribution >= 4 is 50.2 Å². The Morgan fingerprint density at radius 2 is 2.00 bits per heavy atom. The van der Waals surface area contributed by atoms with Crippen LogP contribution in [0.3, 0.4) is 0 Å². The molecule has 2 aromatic carbocycles. The lowest BCUT2D eigenvalue weighted by Crippen LogP contribution is -2.02. The second kappa shape index (κ2) is 5.99. The lowest BCUT2D eigenvalue weighted by molar-refractivity contribution is 0.912. The molecule has 0 saturated heterocycles. The molecule has 0 aliphatic carbocycles. The van der Waals surface area contributed by atoms with E-state index in [1.54, 1.807) is 0 Å². The standard InChI is InChI=1S/C16H13BrCl2N2/c1-10-2-5-15-14(8-10)20-16(6-7-18)21(15)11-3-4-13(19)12(17)9-11/h2-5,8-9H,6-7H2,1H3. The number of hydrogen-bond donors (Lipinski definition) is 0. The van der Waals surface area contributed by atoms with Gasteiger partial charge in [0.1, 0.15) is 5.82 Å². The van der Waals surface area contributed by atoms with Crippen molar-refractivity contribution in [1.82, 2.24) is 9.55 Å². The van der Waals surface area contributed by atoms with Crippen LogP contribution in [0, 0.1) is 6.92 Å². The number of benzene rings is 2. The summed E-state index contributed by atoms with van der Waals surface area (Å²) in [6.07, 6.45) is 0.718. The normalized spacial score (nSPS) is 11.2. The number of rotatable bonds is 3. The molecule has 0 bridgehead atoms. The van der Waals surface area contributed by atoms with Crippen LogP contribution in [0.5, 0.6) is 0 Å². The maximum atomic E-state index is 6.09. The van der Waals surface area contributed by atoms with Gasteiger partial charge in [-0.25, -0.2) is 4.98 Å². The quantitative estimate of drug-likeness (QED) is 0.543. The van der Waals surface area contributed by atoms with Crippen LogP contribution in [0.15, 0.2) is 40.9 Å². The van der Waals surface area contributed by atoms with E-state index in [0.29, 0.717) is 10.9 Å². The minimum atomic E-state index is 0.539. The van der Waals surface area contributed by atoms with E-state index in [4.69, 9.17) is 28.2 Å². The highest BCUT2D eigenvalue weighted by Crippen LogP contribution is 2.28. The fourth-order valence-corrected chi connectivity index (χ4v) is 3.06. The van der Waals surface area contributed by atoms with Crippen molar-refractivity contribution in [3.8, 4) is 5.69 Å². The second-order valence-corrected chi connectivity index (χ2v) is 6.53. The molecule has 0 atom stereocenters. The van der Waals surface area contributed by atoms with Gasteiger partial charge in [-0.05, 0) is 58.7 Å². The first kappa shape index (κ1) is 14.9. The van der Waals surface area contributed by atoms with Gasteiger partial charge in [0.15, 0.2) is 0 Å². The van der Waals surface area contributed by atoms with Crippen LogP contribution in [0.1, 0.15) is 11.4 Å². The van der Waals surface area contributed by atoms with Crippen LogP contribution in [-0.2, 0) is 6.42 Å². The van der Waals surface area contributed by atoms with E-state index in [1.807, 2.05) is 18.2 Å². The highest BCUT2D eigenvalue weighted by molar-refractivity contribution is 9.10. The molecule has 0 unspecified atom stereocenters. The molecular weight excluding hydrogens is 371 g/mol. The van der Waals surface area contributed by atoms with Crippen LogP contribution in [0.2, 0.25) is 5.02 Å². The molecule has 1 heterocycles. The number of nitrogens with zero attached hydrogens (tertiary/aromatic N) is 2. The van der Waals surface area contributed by atoms with Gasteiger partial charge >= 0.3 is 0 Å². The molecule has 5 heteroatoms. The zero-order chi connectivity index (χ0) is 15.0. The third-order valence-corrected chi connectivity index (χ3v) is 4.76. The van der Waals surface area contributed by atoms with Gasteiger partial charge in [0.2, 0.25) is 0 Å². The van der Waals surface area contributed by atoms with Crippen molar-refractivity contribution in [3.63, 3.8) is 0 Å². The first-order chi connectivity index (χ1) is 10.1. The Morgan fingerprint density at radius 1 is 1.19 bits per heavy atom. The molecular formula is C16H13BrCl2N2. The Morgan fingerprint density at radius 3 is 2.71 bits per heavy atom. The van der Waals surface area contributed by atoms with Crippen LogP contribution in [-0.4, -0.2) is 15.4 Å². The van der Waals surface area contributed by atoms with Crippen molar-refractivity contribution in [2.75, 3.05) is 5.88 Å². The van der Waals surface area contributed by atoms with Crippen molar-refractivity contribution in [3.05, 3.63) is 57.3 Å². The molecule has 1 aromatic heterocycles. The monoisotopic (exact) mass is 382 g/mol. The van der Waals surface area contributed by atoms with Crippen LogP contribution in [0.4, 0.5) is 0 Å². The first-order valence-corrected chi connectivity index (χ1v) is 8.30. The van der Waals surface area contributed by atoms with Gasteiger partial charge in [-0.3, -0.25) is 4.57 Å². The van der Waals surface area contributed by atoms with E-state index in [2.05, 4.69) is 45.6 Å². The molecule has 3 aromatic rings. The van der Waals surface area contributed by atoms with Crippen molar-refractivity contribution in [2.45, 2.75) is 13.3 Å². The fourth-order valence-electron chi connectivity index (χ4n) is 2.40. The highest BCUT2D eigenvalue weighted by atomic mass is 79.9. The molecule has 3 rings (SSSR count). The number of hydrogen-bond acceptors (Lipinski definition) is 1. The van der Waals surface area contributed by atoms with E-state index in [1.165, 1.54) is 5.56 Å². The van der Waals surface area contributed by atoms with Gasteiger partial charge in [0, 0.05) is 22.5 Å². The summed E-state index contributed by atoms with van der Waals surface area (Å²) in [6, 6.07) is 12.2. The SMILES string of the molecule is Cc1ccc2c(c1)nc(CCCl)n2-c1ccc(Cl)c(Br)c1. The Balaban J connectivity index is 2.27. The average Bonchev–Trinajstić information content (AvgIpc) is 2.79. The summed E-state index contributed by atoms with van der Waals surface area (Å²) < 4.78 is 3.01. The molecule has 0 amide bonds. The van der Waals surface area contributed by atoms with Crippen LogP contribution in [0.25, 0.3) is 16.7 Å². The molecule has 0 aliphatic heterocycles. The van der Waals surface area contributed by atoms with Crippen LogP contribution >= 0.6 is 39.1 Å². The minimum Gasteiger partial charge on any atom is -0.296 e. The number of fused-ring (bicyclic) bond motifs is 1. The molecule has 0 spiro atoms. The third-order valence-electron chi connectivity index (χ3n) is 3.36. The Kier molecular flexibility index (Phi) is 4.25. The topological polar surface area (TPSA) is 17.8 Å². The predicted molar refractivity (Wildman–Crippen MR) is 92.9 cm³/mol. The van der Waals surface area contributed by atoms with Gasteiger partial charge in [-0.15, -0.1) is 11.6 Å². The summed E-state index contributed by atoms with van der Waals surface area (Å²) in [4.78, 5) is 4.72. The lowest BCUT2D eigenvalue weighted by Gasteiger charge is -2.10. The second-order valence-electron chi connectivity index (χ2n) is 4.89. The molecule has 108 valence electrons. The van der Waals surface area contributed by atoms with Crippen LogP contribution < -0.4 is 0 Å². The molecule has 21 heavy (non-hydrogen) atoms. The number of imidazole rings is 1. The van der Waals surface area contributed by atoms with E-state index in [0.717, 1.165) is 33.4 Å². The maximum absolute atomic E-state index is 6.09. The molecule has 0 saturated carbocycles. The maximum Gasteiger partial charge on any atom is 0.115 e. The van der Waals surface area contributed by atoms with Gasteiger partial charge in [0.05, 0.1) is 16.1 Å². The first-order valence-electron chi connectivity index (χ1n) is 6.59. The van der Waals surface area contributed by atoms with E-state index in [9.17, 15) is 0 Å². The number of halogens is 3. The molecule has 0 fully saturated rings. The van der Waals surface area contributed by atoms with Gasteiger partial charge in [-0.2, -0.15) is 0 Å². The predicted octanol–water partition coefficient (Wildman–Crippen LogP) is 5.53. The van der Waals surface area contributed by atoms with E-state index < -0.39 is 0 Å². The summed E-state index contributed by atoms with van der Waals surface area (Å²) in [5, 5.41) is 0.693. The molecule has 0 N–H and O–H groups in total. The average molecular weight is 384 g/mol. The summed E-state index contributed by atoms with van der Waals surface area (Å²) in [5.41, 5.74) is 4.29. The Labute approximate surface area is 141 Å². The van der Waals surface area contributed by atoms with Crippen molar-refractivity contribution < 1.29 is 0 Å². The van der Waals surface area contributed by atoms with Gasteiger partial charge < -0.3 is 0 Å². The molecule has 2 nitrogen and oxygen atoms in total. The zero-order valence-corrected chi connectivity index (χ0v) is 14.5. The summed E-state index contributed by atoms with van der Waals surface area (Å²) in [7, 11) is 0. The van der Waals surface area contributed by atoms with E-state index >= 15 is 0 Å². The van der Waals surface area contributed by atoms with Gasteiger partial charge in [0.25, 0.3) is 0 Å². The highest BCUT2D eigenvalue weighted by Gasteiger charge is 2.13. The largest absolute Gasteiger partial charge is 0.296 e. The zero-order valence-electron chi connectivity index (χ0n) is 11.4. The third kappa shape index (κ3) is 2.83. The smallest absolute Gasteiger partial charge is 0.115 e.